The first kappa shape index (κ1) is 13.9. The van der Waals surface area contributed by atoms with Crippen molar-refractivity contribution in [3.05, 3.63) is 42.1 Å². The van der Waals surface area contributed by atoms with Crippen molar-refractivity contribution in [2.75, 3.05) is 5.32 Å². The molecule has 0 atom stereocenters. The molecule has 1 aromatic carbocycles. The molecule has 1 aromatic heterocycles. The number of rotatable bonds is 3. The number of carbonyl (C=O) groups is 1. The Balaban J connectivity index is 2.04. The number of anilines is 1. The Labute approximate surface area is 112 Å². The molecule has 0 aliphatic carbocycles. The van der Waals surface area contributed by atoms with Gasteiger partial charge in [0.1, 0.15) is 5.75 Å². The van der Waals surface area contributed by atoms with Gasteiger partial charge < -0.3 is 10.1 Å². The Kier molecular flexibility index (Phi) is 3.64. The van der Waals surface area contributed by atoms with Gasteiger partial charge in [0.25, 0.3) is 5.91 Å². The third-order valence-corrected chi connectivity index (χ3v) is 2.31. The number of aryl methyl sites for hydroxylation is 1. The van der Waals surface area contributed by atoms with Crippen molar-refractivity contribution in [2.24, 2.45) is 7.05 Å². The summed E-state index contributed by atoms with van der Waals surface area (Å²) in [5.41, 5.74) is 0.199. The van der Waals surface area contributed by atoms with E-state index in [0.717, 1.165) is 12.1 Å². The minimum atomic E-state index is -4.75. The third-order valence-electron chi connectivity index (χ3n) is 2.31. The van der Waals surface area contributed by atoms with Crippen LogP contribution in [0.5, 0.6) is 5.75 Å². The minimum Gasteiger partial charge on any atom is -0.406 e. The molecule has 106 valence electrons. The number of hydrogen-bond acceptors (Lipinski definition) is 3. The van der Waals surface area contributed by atoms with Crippen LogP contribution in [-0.4, -0.2) is 22.1 Å². The third kappa shape index (κ3) is 3.74. The van der Waals surface area contributed by atoms with Crippen LogP contribution in [0.25, 0.3) is 0 Å². The molecule has 0 radical (unpaired) electrons. The second-order valence-corrected chi connectivity index (χ2v) is 3.90. The van der Waals surface area contributed by atoms with Gasteiger partial charge in [-0.05, 0) is 24.3 Å². The van der Waals surface area contributed by atoms with Crippen LogP contribution in [0.4, 0.5) is 19.0 Å². The number of aromatic nitrogens is 2. The van der Waals surface area contributed by atoms with Crippen LogP contribution in [0.1, 0.15) is 10.4 Å². The van der Waals surface area contributed by atoms with Gasteiger partial charge in [0.2, 0.25) is 0 Å². The van der Waals surface area contributed by atoms with Gasteiger partial charge in [0.05, 0.1) is 0 Å². The highest BCUT2D eigenvalue weighted by atomic mass is 19.4. The minimum absolute atomic E-state index is 0.199. The highest BCUT2D eigenvalue weighted by Crippen LogP contribution is 2.22. The highest BCUT2D eigenvalue weighted by molar-refractivity contribution is 6.03. The van der Waals surface area contributed by atoms with Crippen LogP contribution in [0.15, 0.2) is 36.5 Å². The van der Waals surface area contributed by atoms with E-state index in [1.807, 2.05) is 0 Å². The van der Waals surface area contributed by atoms with E-state index in [9.17, 15) is 18.0 Å². The molecule has 0 saturated heterocycles. The van der Waals surface area contributed by atoms with E-state index in [1.54, 1.807) is 19.3 Å². The Hall–Kier alpha value is -2.51. The van der Waals surface area contributed by atoms with Crippen molar-refractivity contribution in [3.63, 3.8) is 0 Å². The van der Waals surface area contributed by atoms with E-state index in [4.69, 9.17) is 0 Å². The largest absolute Gasteiger partial charge is 0.573 e. The Morgan fingerprint density at radius 2 is 1.90 bits per heavy atom. The number of carbonyl (C=O) groups excluding carboxylic acids is 1. The zero-order valence-electron chi connectivity index (χ0n) is 10.3. The second kappa shape index (κ2) is 5.24. The summed E-state index contributed by atoms with van der Waals surface area (Å²) in [7, 11) is 1.69. The summed E-state index contributed by atoms with van der Waals surface area (Å²) in [5.74, 6) is -0.498. The zero-order valence-corrected chi connectivity index (χ0v) is 10.3. The van der Waals surface area contributed by atoms with E-state index in [-0.39, 0.29) is 11.3 Å². The molecule has 0 aliphatic rings. The molecule has 1 N–H and O–H groups in total. The number of nitrogens with one attached hydrogen (secondary N) is 1. The van der Waals surface area contributed by atoms with Crippen LogP contribution in [0.2, 0.25) is 0 Å². The Bertz CT molecular complexity index is 605. The molecule has 0 saturated carbocycles. The summed E-state index contributed by atoms with van der Waals surface area (Å²) in [6, 6.07) is 6.21. The molecule has 0 bridgehead atoms. The van der Waals surface area contributed by atoms with Crippen LogP contribution in [-0.2, 0) is 7.05 Å². The molecule has 1 amide bonds. The first-order valence-electron chi connectivity index (χ1n) is 5.50. The average Bonchev–Trinajstić information content (AvgIpc) is 2.73. The van der Waals surface area contributed by atoms with Gasteiger partial charge in [0, 0.05) is 24.9 Å². The molecule has 20 heavy (non-hydrogen) atoms. The average molecular weight is 285 g/mol. The van der Waals surface area contributed by atoms with Crippen molar-refractivity contribution in [2.45, 2.75) is 6.36 Å². The lowest BCUT2D eigenvalue weighted by Gasteiger charge is -2.09. The summed E-state index contributed by atoms with van der Waals surface area (Å²) >= 11 is 0. The summed E-state index contributed by atoms with van der Waals surface area (Å²) < 4.78 is 41.2. The maximum Gasteiger partial charge on any atom is 0.573 e. The van der Waals surface area contributed by atoms with Gasteiger partial charge >= 0.3 is 6.36 Å². The van der Waals surface area contributed by atoms with E-state index < -0.39 is 12.3 Å². The fraction of sp³-hybridized carbons (Fsp3) is 0.167. The molecule has 0 aliphatic heterocycles. The maximum atomic E-state index is 12.0. The molecular weight excluding hydrogens is 275 g/mol. The summed E-state index contributed by atoms with van der Waals surface area (Å²) in [6.45, 7) is 0. The van der Waals surface area contributed by atoms with Crippen LogP contribution in [0.3, 0.4) is 0 Å². The van der Waals surface area contributed by atoms with Gasteiger partial charge in [-0.25, -0.2) is 0 Å². The first-order chi connectivity index (χ1) is 9.33. The van der Waals surface area contributed by atoms with Crippen molar-refractivity contribution >= 4 is 11.7 Å². The van der Waals surface area contributed by atoms with E-state index in [1.165, 1.54) is 16.8 Å². The smallest absolute Gasteiger partial charge is 0.406 e. The summed E-state index contributed by atoms with van der Waals surface area (Å²) in [4.78, 5) is 11.8. The molecule has 2 rings (SSSR count). The lowest BCUT2D eigenvalue weighted by molar-refractivity contribution is -0.274. The van der Waals surface area contributed by atoms with E-state index in [0.29, 0.717) is 5.82 Å². The number of amides is 1. The number of alkyl halides is 3. The van der Waals surface area contributed by atoms with E-state index in [2.05, 4.69) is 15.2 Å². The van der Waals surface area contributed by atoms with Crippen LogP contribution >= 0.6 is 0 Å². The second-order valence-electron chi connectivity index (χ2n) is 3.90. The van der Waals surface area contributed by atoms with Crippen molar-refractivity contribution in [1.29, 1.82) is 0 Å². The lowest BCUT2D eigenvalue weighted by Crippen LogP contribution is -2.17. The van der Waals surface area contributed by atoms with Gasteiger partial charge in [-0.2, -0.15) is 5.10 Å². The molecular formula is C12H10F3N3O2. The number of ether oxygens (including phenoxy) is 1. The van der Waals surface area contributed by atoms with Crippen LogP contribution in [0, 0.1) is 0 Å². The highest BCUT2D eigenvalue weighted by Gasteiger charge is 2.31. The predicted octanol–water partition coefficient (Wildman–Crippen LogP) is 2.57. The van der Waals surface area contributed by atoms with Gasteiger partial charge in [-0.3, -0.25) is 9.48 Å². The predicted molar refractivity (Wildman–Crippen MR) is 64.3 cm³/mol. The molecule has 1 heterocycles. The van der Waals surface area contributed by atoms with E-state index >= 15 is 0 Å². The van der Waals surface area contributed by atoms with Crippen molar-refractivity contribution < 1.29 is 22.7 Å². The Morgan fingerprint density at radius 3 is 2.40 bits per heavy atom. The normalized spacial score (nSPS) is 11.2. The SMILES string of the molecule is Cn1ccc(NC(=O)c2ccc(OC(F)(F)F)cc2)n1. The maximum absolute atomic E-state index is 12.0. The molecule has 5 nitrogen and oxygen atoms in total. The topological polar surface area (TPSA) is 56.2 Å². The summed E-state index contributed by atoms with van der Waals surface area (Å²) in [5, 5.41) is 6.47. The van der Waals surface area contributed by atoms with Gasteiger partial charge in [0.15, 0.2) is 5.82 Å². The Morgan fingerprint density at radius 1 is 1.25 bits per heavy atom. The van der Waals surface area contributed by atoms with Crippen molar-refractivity contribution in [3.8, 4) is 5.75 Å². The molecule has 0 unspecified atom stereocenters. The number of benzene rings is 1. The number of halogens is 3. The fourth-order valence-corrected chi connectivity index (χ4v) is 1.48. The van der Waals surface area contributed by atoms with Crippen LogP contribution < -0.4 is 10.1 Å². The monoisotopic (exact) mass is 285 g/mol. The molecule has 0 spiro atoms. The molecule has 8 heteroatoms. The van der Waals surface area contributed by atoms with Crippen molar-refractivity contribution in [1.82, 2.24) is 9.78 Å². The first-order valence-corrected chi connectivity index (χ1v) is 5.50. The zero-order chi connectivity index (χ0) is 14.8. The number of hydrogen-bond donors (Lipinski definition) is 1. The standard InChI is InChI=1S/C12H10F3N3O2/c1-18-7-6-10(17-18)16-11(19)8-2-4-9(5-3-8)20-12(13,14)15/h2-7H,1H3,(H,16,17,19). The van der Waals surface area contributed by atoms with Gasteiger partial charge in [-0.1, -0.05) is 0 Å². The molecule has 0 fully saturated rings. The lowest BCUT2D eigenvalue weighted by atomic mass is 10.2. The molecule has 2 aromatic rings. The summed E-state index contributed by atoms with van der Waals surface area (Å²) in [6.07, 6.45) is -3.10. The number of nitrogens with zero attached hydrogens (tertiary/aromatic N) is 2. The fourth-order valence-electron chi connectivity index (χ4n) is 1.48. The quantitative estimate of drug-likeness (QED) is 0.943. The van der Waals surface area contributed by atoms with Gasteiger partial charge in [-0.15, -0.1) is 13.2 Å².